The van der Waals surface area contributed by atoms with Gasteiger partial charge >= 0.3 is 0 Å². The van der Waals surface area contributed by atoms with Crippen molar-refractivity contribution in [2.45, 2.75) is 45.4 Å². The SMILES string of the molecule is CCCCCC(C)c1ccc2c(Cl)ccc(OCC(=O)[O-])c2n1. The van der Waals surface area contributed by atoms with Gasteiger partial charge in [0.25, 0.3) is 0 Å². The van der Waals surface area contributed by atoms with Gasteiger partial charge in [0.15, 0.2) is 0 Å². The normalized spacial score (nSPS) is 12.3. The highest BCUT2D eigenvalue weighted by Crippen LogP contribution is 2.32. The summed E-state index contributed by atoms with van der Waals surface area (Å²) in [5.41, 5.74) is 1.56. The Balaban J connectivity index is 2.31. The molecule has 1 heterocycles. The van der Waals surface area contributed by atoms with Crippen LogP contribution in [0, 0.1) is 0 Å². The molecule has 0 aliphatic carbocycles. The molecular formula is C18H21ClNO3-. The third-order valence-corrected chi connectivity index (χ3v) is 4.21. The van der Waals surface area contributed by atoms with Crippen LogP contribution in [0.2, 0.25) is 5.02 Å². The number of rotatable bonds is 8. The number of nitrogens with zero attached hydrogens (tertiary/aromatic N) is 1. The molecule has 1 aromatic carbocycles. The van der Waals surface area contributed by atoms with E-state index < -0.39 is 12.6 Å². The Kier molecular flexibility index (Phi) is 6.22. The fraction of sp³-hybridized carbons (Fsp3) is 0.444. The van der Waals surface area contributed by atoms with Crippen LogP contribution in [0.1, 0.15) is 51.1 Å². The molecule has 0 fully saturated rings. The standard InChI is InChI=1S/C18H22ClNO3/c1-3-4-5-6-12(2)15-9-7-13-14(19)8-10-16(18(13)20-15)23-11-17(21)22/h7-10,12H,3-6,11H2,1-2H3,(H,21,22)/p-1. The highest BCUT2D eigenvalue weighted by molar-refractivity contribution is 6.35. The van der Waals surface area contributed by atoms with Crippen LogP contribution in [0.25, 0.3) is 10.9 Å². The van der Waals surface area contributed by atoms with Crippen molar-refractivity contribution in [2.24, 2.45) is 0 Å². The number of pyridine rings is 1. The van der Waals surface area contributed by atoms with Gasteiger partial charge in [0.1, 0.15) is 17.9 Å². The van der Waals surface area contributed by atoms with Gasteiger partial charge in [-0.15, -0.1) is 0 Å². The van der Waals surface area contributed by atoms with Crippen LogP contribution < -0.4 is 9.84 Å². The molecule has 0 radical (unpaired) electrons. The summed E-state index contributed by atoms with van der Waals surface area (Å²) in [4.78, 5) is 15.3. The van der Waals surface area contributed by atoms with E-state index in [4.69, 9.17) is 16.3 Å². The van der Waals surface area contributed by atoms with Gasteiger partial charge in [0, 0.05) is 11.1 Å². The van der Waals surface area contributed by atoms with Crippen LogP contribution in [0.3, 0.4) is 0 Å². The second kappa shape index (κ2) is 8.16. The zero-order valence-electron chi connectivity index (χ0n) is 13.5. The molecule has 1 aromatic heterocycles. The largest absolute Gasteiger partial charge is 0.546 e. The molecule has 5 heteroatoms. The number of hydrogen-bond acceptors (Lipinski definition) is 4. The second-order valence-electron chi connectivity index (χ2n) is 5.74. The summed E-state index contributed by atoms with van der Waals surface area (Å²) in [6, 6.07) is 7.22. The summed E-state index contributed by atoms with van der Waals surface area (Å²) >= 11 is 6.20. The number of carboxylic acids is 1. The van der Waals surface area contributed by atoms with E-state index in [0.29, 0.717) is 22.2 Å². The number of unbranched alkanes of at least 4 members (excludes halogenated alkanes) is 2. The zero-order valence-corrected chi connectivity index (χ0v) is 14.2. The topological polar surface area (TPSA) is 62.2 Å². The maximum Gasteiger partial charge on any atom is 0.146 e. The fourth-order valence-corrected chi connectivity index (χ4v) is 2.76. The molecule has 0 saturated heterocycles. The third kappa shape index (κ3) is 4.58. The molecule has 23 heavy (non-hydrogen) atoms. The Bertz CT molecular complexity index is 687. The minimum absolute atomic E-state index is 0.332. The lowest BCUT2D eigenvalue weighted by Gasteiger charge is -2.14. The molecule has 0 bridgehead atoms. The van der Waals surface area contributed by atoms with Gasteiger partial charge in [-0.05, 0) is 36.6 Å². The first-order chi connectivity index (χ1) is 11.0. The van der Waals surface area contributed by atoms with Crippen LogP contribution in [0.4, 0.5) is 0 Å². The molecule has 2 aromatic rings. The summed E-state index contributed by atoms with van der Waals surface area (Å²) in [5.74, 6) is -0.521. The molecule has 0 aliphatic heterocycles. The number of aromatic nitrogens is 1. The quantitative estimate of drug-likeness (QED) is 0.690. The number of carbonyl (C=O) groups excluding carboxylic acids is 1. The molecule has 1 unspecified atom stereocenters. The number of aliphatic carboxylic acids is 1. The van der Waals surface area contributed by atoms with Crippen LogP contribution >= 0.6 is 11.6 Å². The Morgan fingerprint density at radius 3 is 2.78 bits per heavy atom. The van der Waals surface area contributed by atoms with Gasteiger partial charge in [0.05, 0.1) is 11.0 Å². The van der Waals surface area contributed by atoms with Crippen molar-refractivity contribution in [1.29, 1.82) is 0 Å². The first kappa shape index (κ1) is 17.5. The zero-order chi connectivity index (χ0) is 16.8. The second-order valence-corrected chi connectivity index (χ2v) is 6.14. The molecule has 124 valence electrons. The molecule has 1 atom stereocenters. The smallest absolute Gasteiger partial charge is 0.146 e. The summed E-state index contributed by atoms with van der Waals surface area (Å²) < 4.78 is 5.29. The van der Waals surface area contributed by atoms with Crippen LogP contribution in [-0.2, 0) is 4.79 Å². The van der Waals surface area contributed by atoms with Crippen molar-refractivity contribution in [3.63, 3.8) is 0 Å². The minimum Gasteiger partial charge on any atom is -0.546 e. The Labute approximate surface area is 141 Å². The number of benzene rings is 1. The number of carbonyl (C=O) groups is 1. The van der Waals surface area contributed by atoms with E-state index in [2.05, 4.69) is 18.8 Å². The first-order valence-corrected chi connectivity index (χ1v) is 8.32. The lowest BCUT2D eigenvalue weighted by atomic mass is 9.98. The Morgan fingerprint density at radius 2 is 2.09 bits per heavy atom. The van der Waals surface area contributed by atoms with E-state index in [0.717, 1.165) is 17.5 Å². The van der Waals surface area contributed by atoms with Crippen LogP contribution in [-0.4, -0.2) is 17.6 Å². The third-order valence-electron chi connectivity index (χ3n) is 3.88. The van der Waals surface area contributed by atoms with Gasteiger partial charge in [-0.3, -0.25) is 0 Å². The highest BCUT2D eigenvalue weighted by atomic mass is 35.5. The molecule has 0 spiro atoms. The molecule has 0 N–H and O–H groups in total. The average Bonchev–Trinajstić information content (AvgIpc) is 2.54. The fourth-order valence-electron chi connectivity index (χ4n) is 2.55. The molecular weight excluding hydrogens is 314 g/mol. The Hall–Kier alpha value is -1.81. The van der Waals surface area contributed by atoms with E-state index in [1.807, 2.05) is 12.1 Å². The van der Waals surface area contributed by atoms with E-state index in [1.54, 1.807) is 12.1 Å². The molecule has 0 amide bonds. The number of ether oxygens (including phenoxy) is 1. The van der Waals surface area contributed by atoms with Crippen molar-refractivity contribution in [3.05, 3.63) is 35.0 Å². The minimum atomic E-state index is -1.27. The summed E-state index contributed by atoms with van der Waals surface area (Å²) in [6.07, 6.45) is 4.64. The lowest BCUT2D eigenvalue weighted by molar-refractivity contribution is -0.307. The van der Waals surface area contributed by atoms with Crippen molar-refractivity contribution < 1.29 is 14.6 Å². The van der Waals surface area contributed by atoms with Crippen molar-refractivity contribution >= 4 is 28.5 Å². The maximum absolute atomic E-state index is 10.6. The van der Waals surface area contributed by atoms with Crippen molar-refractivity contribution in [1.82, 2.24) is 4.98 Å². The van der Waals surface area contributed by atoms with Gasteiger partial charge < -0.3 is 14.6 Å². The number of carboxylic acid groups (broad SMARTS) is 1. The number of halogens is 1. The van der Waals surface area contributed by atoms with E-state index in [-0.39, 0.29) is 0 Å². The Morgan fingerprint density at radius 1 is 1.30 bits per heavy atom. The number of fused-ring (bicyclic) bond motifs is 1. The summed E-state index contributed by atoms with van der Waals surface area (Å²) in [5, 5.41) is 11.9. The molecule has 0 saturated carbocycles. The van der Waals surface area contributed by atoms with E-state index in [1.165, 1.54) is 19.3 Å². The summed E-state index contributed by atoms with van der Waals surface area (Å²) in [7, 11) is 0. The van der Waals surface area contributed by atoms with Gasteiger partial charge in [-0.2, -0.15) is 0 Å². The van der Waals surface area contributed by atoms with Crippen LogP contribution in [0.15, 0.2) is 24.3 Å². The monoisotopic (exact) mass is 334 g/mol. The predicted octanol–water partition coefficient (Wildman–Crippen LogP) is 3.70. The maximum atomic E-state index is 10.6. The van der Waals surface area contributed by atoms with Gasteiger partial charge in [-0.1, -0.05) is 44.7 Å². The van der Waals surface area contributed by atoms with E-state index in [9.17, 15) is 9.90 Å². The first-order valence-electron chi connectivity index (χ1n) is 7.94. The predicted molar refractivity (Wildman–Crippen MR) is 89.8 cm³/mol. The van der Waals surface area contributed by atoms with Crippen molar-refractivity contribution in [2.75, 3.05) is 6.61 Å². The highest BCUT2D eigenvalue weighted by Gasteiger charge is 2.12. The average molecular weight is 335 g/mol. The molecule has 2 rings (SSSR count). The summed E-state index contributed by atoms with van der Waals surface area (Å²) in [6.45, 7) is 3.83. The lowest BCUT2D eigenvalue weighted by Crippen LogP contribution is -2.29. The van der Waals surface area contributed by atoms with E-state index >= 15 is 0 Å². The van der Waals surface area contributed by atoms with Gasteiger partial charge in [0.2, 0.25) is 0 Å². The molecule has 0 aliphatic rings. The van der Waals surface area contributed by atoms with Gasteiger partial charge in [-0.25, -0.2) is 4.98 Å². The van der Waals surface area contributed by atoms with Crippen molar-refractivity contribution in [3.8, 4) is 5.75 Å². The molecule has 4 nitrogen and oxygen atoms in total. The van der Waals surface area contributed by atoms with Crippen LogP contribution in [0.5, 0.6) is 5.75 Å². The number of hydrogen-bond donors (Lipinski definition) is 0.